The van der Waals surface area contributed by atoms with Crippen molar-refractivity contribution in [2.75, 3.05) is 18.0 Å². The molecule has 0 aromatic carbocycles. The zero-order chi connectivity index (χ0) is 13.1. The lowest BCUT2D eigenvalue weighted by Gasteiger charge is -2.44. The normalized spacial score (nSPS) is 22.7. The van der Waals surface area contributed by atoms with E-state index in [1.807, 2.05) is 6.20 Å². The Morgan fingerprint density at radius 2 is 1.79 bits per heavy atom. The number of nitrogens with two attached hydrogens (primary N) is 1. The number of rotatable bonds is 2. The van der Waals surface area contributed by atoms with Gasteiger partial charge in [-0.25, -0.2) is 4.98 Å². The van der Waals surface area contributed by atoms with E-state index in [4.69, 9.17) is 5.73 Å². The van der Waals surface area contributed by atoms with Crippen LogP contribution in [0, 0.1) is 5.41 Å². The van der Waals surface area contributed by atoms with Crippen molar-refractivity contribution in [1.29, 1.82) is 0 Å². The van der Waals surface area contributed by atoms with Crippen LogP contribution in [0.5, 0.6) is 0 Å². The van der Waals surface area contributed by atoms with E-state index in [2.05, 4.69) is 22.0 Å². The second-order valence-corrected chi connectivity index (χ2v) is 6.28. The maximum absolute atomic E-state index is 5.62. The summed E-state index contributed by atoms with van der Waals surface area (Å²) >= 11 is 0. The van der Waals surface area contributed by atoms with Crippen molar-refractivity contribution >= 4 is 5.82 Å². The summed E-state index contributed by atoms with van der Waals surface area (Å²) < 4.78 is 0. The predicted molar refractivity (Wildman–Crippen MR) is 79.1 cm³/mol. The SMILES string of the molecule is NCc1ccc(N2CCC3(CCCCC3)CC2)nc1. The van der Waals surface area contributed by atoms with E-state index in [0.29, 0.717) is 12.0 Å². The van der Waals surface area contributed by atoms with Gasteiger partial charge in [-0.3, -0.25) is 0 Å². The number of nitrogens with zero attached hydrogens (tertiary/aromatic N) is 2. The molecule has 2 aliphatic rings. The topological polar surface area (TPSA) is 42.1 Å². The first-order chi connectivity index (χ1) is 9.31. The van der Waals surface area contributed by atoms with Gasteiger partial charge in [-0.1, -0.05) is 25.3 Å². The van der Waals surface area contributed by atoms with Gasteiger partial charge >= 0.3 is 0 Å². The number of hydrogen-bond donors (Lipinski definition) is 1. The minimum atomic E-state index is 0.580. The molecule has 1 aromatic heterocycles. The average molecular weight is 259 g/mol. The molecule has 3 rings (SSSR count). The highest BCUT2D eigenvalue weighted by atomic mass is 15.2. The first-order valence-electron chi connectivity index (χ1n) is 7.71. The molecule has 104 valence electrons. The van der Waals surface area contributed by atoms with Crippen LogP contribution in [0.1, 0.15) is 50.5 Å². The third-order valence-corrected chi connectivity index (χ3v) is 5.11. The summed E-state index contributed by atoms with van der Waals surface area (Å²) in [5.74, 6) is 1.13. The van der Waals surface area contributed by atoms with Crippen molar-refractivity contribution in [3.05, 3.63) is 23.9 Å². The predicted octanol–water partition coefficient (Wildman–Crippen LogP) is 3.09. The van der Waals surface area contributed by atoms with Gasteiger partial charge in [0.1, 0.15) is 5.82 Å². The molecule has 3 nitrogen and oxygen atoms in total. The first-order valence-corrected chi connectivity index (χ1v) is 7.71. The van der Waals surface area contributed by atoms with Gasteiger partial charge in [0.05, 0.1) is 0 Å². The van der Waals surface area contributed by atoms with E-state index in [1.165, 1.54) is 58.0 Å². The lowest BCUT2D eigenvalue weighted by Crippen LogP contribution is -2.41. The molecule has 2 fully saturated rings. The van der Waals surface area contributed by atoms with Crippen LogP contribution >= 0.6 is 0 Å². The van der Waals surface area contributed by atoms with Crippen LogP contribution in [0.15, 0.2) is 18.3 Å². The highest BCUT2D eigenvalue weighted by Crippen LogP contribution is 2.44. The van der Waals surface area contributed by atoms with Crippen LogP contribution in [0.25, 0.3) is 0 Å². The van der Waals surface area contributed by atoms with Crippen molar-refractivity contribution in [2.24, 2.45) is 11.1 Å². The zero-order valence-electron chi connectivity index (χ0n) is 11.8. The summed E-state index contributed by atoms with van der Waals surface area (Å²) in [6.45, 7) is 2.93. The smallest absolute Gasteiger partial charge is 0.128 e. The van der Waals surface area contributed by atoms with Gasteiger partial charge in [-0.05, 0) is 42.7 Å². The third kappa shape index (κ3) is 2.76. The van der Waals surface area contributed by atoms with Crippen molar-refractivity contribution in [3.8, 4) is 0 Å². The summed E-state index contributed by atoms with van der Waals surface area (Å²) in [7, 11) is 0. The van der Waals surface area contributed by atoms with E-state index < -0.39 is 0 Å². The van der Waals surface area contributed by atoms with Gasteiger partial charge in [0.25, 0.3) is 0 Å². The highest BCUT2D eigenvalue weighted by molar-refractivity contribution is 5.40. The Hall–Kier alpha value is -1.09. The third-order valence-electron chi connectivity index (χ3n) is 5.11. The van der Waals surface area contributed by atoms with Gasteiger partial charge < -0.3 is 10.6 Å². The molecule has 0 unspecified atom stereocenters. The van der Waals surface area contributed by atoms with E-state index in [9.17, 15) is 0 Å². The number of pyridine rings is 1. The summed E-state index contributed by atoms with van der Waals surface area (Å²) in [6, 6.07) is 4.23. The number of hydrogen-bond acceptors (Lipinski definition) is 3. The minimum absolute atomic E-state index is 0.580. The Balaban J connectivity index is 1.62. The van der Waals surface area contributed by atoms with Crippen molar-refractivity contribution in [2.45, 2.75) is 51.5 Å². The summed E-state index contributed by atoms with van der Waals surface area (Å²) in [5, 5.41) is 0. The fourth-order valence-electron chi connectivity index (χ4n) is 3.74. The zero-order valence-corrected chi connectivity index (χ0v) is 11.8. The van der Waals surface area contributed by atoms with Crippen LogP contribution < -0.4 is 10.6 Å². The quantitative estimate of drug-likeness (QED) is 0.887. The maximum atomic E-state index is 5.62. The monoisotopic (exact) mass is 259 g/mol. The number of piperidine rings is 1. The van der Waals surface area contributed by atoms with E-state index in [-0.39, 0.29) is 0 Å². The van der Waals surface area contributed by atoms with Crippen LogP contribution in [0.3, 0.4) is 0 Å². The molecule has 2 N–H and O–H groups in total. The molecule has 0 atom stereocenters. The first kappa shape index (κ1) is 12.9. The lowest BCUT2D eigenvalue weighted by molar-refractivity contribution is 0.144. The lowest BCUT2D eigenvalue weighted by atomic mass is 9.68. The molecule has 1 aliphatic heterocycles. The standard InChI is InChI=1S/C16H25N3/c17-12-14-4-5-15(18-13-14)19-10-8-16(9-11-19)6-2-1-3-7-16/h4-5,13H,1-3,6-12,17H2. The number of anilines is 1. The molecular formula is C16H25N3. The van der Waals surface area contributed by atoms with Crippen LogP contribution in [-0.4, -0.2) is 18.1 Å². The van der Waals surface area contributed by atoms with Gasteiger partial charge in [-0.15, -0.1) is 0 Å². The van der Waals surface area contributed by atoms with E-state index in [1.54, 1.807) is 0 Å². The molecule has 0 bridgehead atoms. The Labute approximate surface area is 116 Å². The van der Waals surface area contributed by atoms with Gasteiger partial charge in [0, 0.05) is 25.8 Å². The largest absolute Gasteiger partial charge is 0.357 e. The van der Waals surface area contributed by atoms with Gasteiger partial charge in [0.2, 0.25) is 0 Å². The molecule has 0 radical (unpaired) electrons. The van der Waals surface area contributed by atoms with Crippen LogP contribution in [0.2, 0.25) is 0 Å². The molecule has 19 heavy (non-hydrogen) atoms. The molecular weight excluding hydrogens is 234 g/mol. The average Bonchev–Trinajstić information content (AvgIpc) is 2.49. The Morgan fingerprint density at radius 3 is 2.37 bits per heavy atom. The van der Waals surface area contributed by atoms with Crippen LogP contribution in [-0.2, 0) is 6.54 Å². The van der Waals surface area contributed by atoms with Crippen LogP contribution in [0.4, 0.5) is 5.82 Å². The molecule has 1 saturated heterocycles. The summed E-state index contributed by atoms with van der Waals surface area (Å²) in [6.07, 6.45) is 11.9. The minimum Gasteiger partial charge on any atom is -0.357 e. The fraction of sp³-hybridized carbons (Fsp3) is 0.688. The summed E-state index contributed by atoms with van der Waals surface area (Å²) in [4.78, 5) is 7.00. The molecule has 1 aliphatic carbocycles. The second kappa shape index (κ2) is 5.49. The van der Waals surface area contributed by atoms with Crippen molar-refractivity contribution in [1.82, 2.24) is 4.98 Å². The fourth-order valence-corrected chi connectivity index (χ4v) is 3.74. The summed E-state index contributed by atoms with van der Waals surface area (Å²) in [5.41, 5.74) is 7.41. The van der Waals surface area contributed by atoms with E-state index >= 15 is 0 Å². The van der Waals surface area contributed by atoms with E-state index in [0.717, 1.165) is 11.4 Å². The Bertz CT molecular complexity index is 397. The maximum Gasteiger partial charge on any atom is 0.128 e. The highest BCUT2D eigenvalue weighted by Gasteiger charge is 2.35. The van der Waals surface area contributed by atoms with Crippen molar-refractivity contribution < 1.29 is 0 Å². The second-order valence-electron chi connectivity index (χ2n) is 6.28. The van der Waals surface area contributed by atoms with Gasteiger partial charge in [0.15, 0.2) is 0 Å². The molecule has 1 saturated carbocycles. The number of aromatic nitrogens is 1. The molecule has 1 aromatic rings. The molecule has 0 amide bonds. The molecule has 2 heterocycles. The van der Waals surface area contributed by atoms with Gasteiger partial charge in [-0.2, -0.15) is 0 Å². The Kier molecular flexibility index (Phi) is 3.74. The van der Waals surface area contributed by atoms with Crippen molar-refractivity contribution in [3.63, 3.8) is 0 Å². The molecule has 1 spiro atoms. The Morgan fingerprint density at radius 1 is 1.05 bits per heavy atom. The molecule has 3 heteroatoms.